The molecule has 0 aromatic heterocycles. The molecule has 5 nitrogen and oxygen atoms in total. The first-order chi connectivity index (χ1) is 12.0. The molecule has 0 fully saturated rings. The zero-order valence-corrected chi connectivity index (χ0v) is 19.2. The molecule has 1 unspecified atom stereocenters. The monoisotopic (exact) mass is 394 g/mol. The van der Waals surface area contributed by atoms with Gasteiger partial charge in [0.1, 0.15) is 0 Å². The molecule has 0 amide bonds. The van der Waals surface area contributed by atoms with Crippen LogP contribution in [-0.2, 0) is 24.7 Å². The summed E-state index contributed by atoms with van der Waals surface area (Å²) in [7, 11) is -4.84. The molecule has 0 aliphatic carbocycles. The van der Waals surface area contributed by atoms with Crippen molar-refractivity contribution in [2.75, 3.05) is 13.2 Å². The van der Waals surface area contributed by atoms with Crippen molar-refractivity contribution < 1.29 is 52.0 Å². The standard InChI is InChI=1S/C19H32O5S.Na/c1-3-5-6-7-8-9-10-14-17-24-19(23-4-2,25(20,21)22)18-15-12-11-13-16-18;/h11-13,15-16H,3-10,14,17H2,1-2H3,(H,20,21,22);/q;+1/p-1. The van der Waals surface area contributed by atoms with E-state index in [1.54, 1.807) is 37.3 Å². The van der Waals surface area contributed by atoms with E-state index in [-0.39, 0.29) is 48.3 Å². The molecule has 7 heteroatoms. The average Bonchev–Trinajstić information content (AvgIpc) is 2.59. The minimum atomic E-state index is -4.84. The van der Waals surface area contributed by atoms with Gasteiger partial charge in [-0.2, -0.15) is 0 Å². The maximum absolute atomic E-state index is 11.9. The number of ether oxygens (including phenoxy) is 2. The van der Waals surface area contributed by atoms with Crippen LogP contribution in [0.3, 0.4) is 0 Å². The van der Waals surface area contributed by atoms with Crippen LogP contribution in [0.4, 0.5) is 0 Å². The second-order valence-corrected chi connectivity index (χ2v) is 7.58. The van der Waals surface area contributed by atoms with Crippen LogP contribution in [0.15, 0.2) is 30.3 Å². The summed E-state index contributed by atoms with van der Waals surface area (Å²) in [4.78, 5) is 0. The number of hydrogen-bond acceptors (Lipinski definition) is 5. The van der Waals surface area contributed by atoms with Crippen molar-refractivity contribution in [3.63, 3.8) is 0 Å². The van der Waals surface area contributed by atoms with Crippen molar-refractivity contribution in [1.29, 1.82) is 0 Å². The molecule has 1 aromatic rings. The molecule has 0 aliphatic rings. The summed E-state index contributed by atoms with van der Waals surface area (Å²) in [5, 5.41) is -2.26. The molecule has 0 spiro atoms. The molecule has 0 radical (unpaired) electrons. The molecule has 1 aromatic carbocycles. The van der Waals surface area contributed by atoms with Gasteiger partial charge in [-0.15, -0.1) is 0 Å². The van der Waals surface area contributed by atoms with E-state index in [9.17, 15) is 13.0 Å². The van der Waals surface area contributed by atoms with Crippen molar-refractivity contribution in [2.24, 2.45) is 0 Å². The van der Waals surface area contributed by atoms with Gasteiger partial charge < -0.3 is 14.0 Å². The van der Waals surface area contributed by atoms with Gasteiger partial charge in [-0.05, 0) is 13.3 Å². The summed E-state index contributed by atoms with van der Waals surface area (Å²) < 4.78 is 46.6. The molecule has 0 aliphatic heterocycles. The second-order valence-electron chi connectivity index (χ2n) is 6.13. The minimum absolute atomic E-state index is 0. The van der Waals surface area contributed by atoms with Crippen LogP contribution in [0.1, 0.15) is 70.8 Å². The maximum Gasteiger partial charge on any atom is 1.00 e. The third kappa shape index (κ3) is 8.38. The van der Waals surface area contributed by atoms with E-state index in [1.807, 2.05) is 0 Å². The smallest absolute Gasteiger partial charge is 0.744 e. The summed E-state index contributed by atoms with van der Waals surface area (Å²) >= 11 is 0. The molecule has 0 saturated heterocycles. The summed E-state index contributed by atoms with van der Waals surface area (Å²) in [5.74, 6) is 0. The molecule has 1 atom stereocenters. The molecule has 0 heterocycles. The van der Waals surface area contributed by atoms with Crippen molar-refractivity contribution in [1.82, 2.24) is 0 Å². The third-order valence-electron chi connectivity index (χ3n) is 4.08. The van der Waals surface area contributed by atoms with Crippen molar-refractivity contribution >= 4 is 10.1 Å². The summed E-state index contributed by atoms with van der Waals surface area (Å²) in [5.41, 5.74) is 0.214. The quantitative estimate of drug-likeness (QED) is 0.207. The minimum Gasteiger partial charge on any atom is -0.744 e. The van der Waals surface area contributed by atoms with Gasteiger partial charge in [-0.1, -0.05) is 82.2 Å². The summed E-state index contributed by atoms with van der Waals surface area (Å²) in [6.45, 7) is 4.07. The molecule has 1 rings (SSSR count). The zero-order valence-electron chi connectivity index (χ0n) is 16.4. The van der Waals surface area contributed by atoms with Crippen molar-refractivity contribution in [3.8, 4) is 0 Å². The average molecular weight is 395 g/mol. The van der Waals surface area contributed by atoms with Gasteiger partial charge in [-0.25, -0.2) is 8.42 Å². The molecule has 144 valence electrons. The van der Waals surface area contributed by atoms with Crippen LogP contribution in [0.2, 0.25) is 0 Å². The van der Waals surface area contributed by atoms with Gasteiger partial charge >= 0.3 is 29.6 Å². The van der Waals surface area contributed by atoms with Crippen LogP contribution in [0.25, 0.3) is 0 Å². The van der Waals surface area contributed by atoms with Gasteiger partial charge in [0.05, 0.1) is 6.61 Å². The number of rotatable bonds is 14. The van der Waals surface area contributed by atoms with Gasteiger partial charge in [0.2, 0.25) is 0 Å². The fraction of sp³-hybridized carbons (Fsp3) is 0.684. The van der Waals surface area contributed by atoms with Crippen LogP contribution >= 0.6 is 0 Å². The topological polar surface area (TPSA) is 75.7 Å². The SMILES string of the molecule is CCCCCCCCCCOC(OCC)(c1ccccc1)S(=O)(=O)[O-].[Na+]. The largest absolute Gasteiger partial charge is 1.00 e. The van der Waals surface area contributed by atoms with Crippen LogP contribution in [0.5, 0.6) is 0 Å². The number of unbranched alkanes of at least 4 members (excludes halogenated alkanes) is 7. The van der Waals surface area contributed by atoms with Crippen LogP contribution in [0, 0.1) is 0 Å². The Balaban J connectivity index is 0.00000625. The molecular formula is C19H31NaO5S. The van der Waals surface area contributed by atoms with E-state index in [0.717, 1.165) is 12.8 Å². The predicted molar refractivity (Wildman–Crippen MR) is 98.0 cm³/mol. The Labute approximate surface area is 180 Å². The normalized spacial score (nSPS) is 13.8. The van der Waals surface area contributed by atoms with Crippen molar-refractivity contribution in [3.05, 3.63) is 35.9 Å². The molecule has 26 heavy (non-hydrogen) atoms. The Hall–Kier alpha value is 0.0500. The first-order valence-electron chi connectivity index (χ1n) is 9.26. The number of benzene rings is 1. The first-order valence-corrected chi connectivity index (χ1v) is 10.7. The van der Waals surface area contributed by atoms with E-state index >= 15 is 0 Å². The molecule has 0 bridgehead atoms. The predicted octanol–water partition coefficient (Wildman–Crippen LogP) is 1.54. The third-order valence-corrected chi connectivity index (χ3v) is 5.21. The fourth-order valence-corrected chi connectivity index (χ4v) is 3.69. The van der Waals surface area contributed by atoms with Crippen LogP contribution < -0.4 is 29.6 Å². The second kappa shape index (κ2) is 14.1. The van der Waals surface area contributed by atoms with Crippen molar-refractivity contribution in [2.45, 2.75) is 70.3 Å². The zero-order chi connectivity index (χ0) is 18.6. The Morgan fingerprint density at radius 3 is 1.92 bits per heavy atom. The van der Waals surface area contributed by atoms with E-state index in [4.69, 9.17) is 9.47 Å². The van der Waals surface area contributed by atoms with Gasteiger partial charge in [-0.3, -0.25) is 0 Å². The van der Waals surface area contributed by atoms with Gasteiger partial charge in [0.15, 0.2) is 10.1 Å². The van der Waals surface area contributed by atoms with E-state index < -0.39 is 15.2 Å². The van der Waals surface area contributed by atoms with E-state index in [1.165, 1.54) is 32.1 Å². The Bertz CT molecular complexity index is 565. The molecule has 0 N–H and O–H groups in total. The van der Waals surface area contributed by atoms with Gasteiger partial charge in [0, 0.05) is 12.2 Å². The Morgan fingerprint density at radius 1 is 0.885 bits per heavy atom. The van der Waals surface area contributed by atoms with Crippen LogP contribution in [-0.4, -0.2) is 26.2 Å². The van der Waals surface area contributed by atoms with E-state index in [0.29, 0.717) is 6.42 Å². The molecule has 0 saturated carbocycles. The maximum atomic E-state index is 11.9. The van der Waals surface area contributed by atoms with Gasteiger partial charge in [0.25, 0.3) is 5.12 Å². The molecular weight excluding hydrogens is 363 g/mol. The summed E-state index contributed by atoms with van der Waals surface area (Å²) in [6.07, 6.45) is 8.92. The Morgan fingerprint density at radius 2 is 1.42 bits per heavy atom. The fourth-order valence-electron chi connectivity index (χ4n) is 2.77. The first kappa shape index (κ1) is 26.1. The Kier molecular flexibility index (Phi) is 14.1. The summed E-state index contributed by atoms with van der Waals surface area (Å²) in [6, 6.07) is 8.15. The number of hydrogen-bond donors (Lipinski definition) is 0. The van der Waals surface area contributed by atoms with E-state index in [2.05, 4.69) is 6.92 Å².